The van der Waals surface area contributed by atoms with Crippen molar-refractivity contribution in [3.8, 4) is 33.4 Å². The predicted molar refractivity (Wildman–Crippen MR) is 246 cm³/mol. The molecule has 8 aromatic rings. The van der Waals surface area contributed by atoms with Gasteiger partial charge in [-0.3, -0.25) is 0 Å². The van der Waals surface area contributed by atoms with Gasteiger partial charge in [0.2, 0.25) is 0 Å². The van der Waals surface area contributed by atoms with Crippen LogP contribution in [0.4, 0.5) is 11.4 Å². The van der Waals surface area contributed by atoms with Crippen molar-refractivity contribution in [2.24, 2.45) is 0 Å². The Balaban J connectivity index is 1.21. The molecule has 3 aliphatic carbocycles. The molecule has 0 radical (unpaired) electrons. The van der Waals surface area contributed by atoms with E-state index in [-0.39, 0.29) is 5.41 Å². The molecule has 0 aliphatic heterocycles. The first-order valence-corrected chi connectivity index (χ1v) is 21.0. The lowest BCUT2D eigenvalue weighted by Gasteiger charge is -2.42. The number of benzene rings is 8. The number of hydrogen-bond acceptors (Lipinski definition) is 1. The highest BCUT2D eigenvalue weighted by atomic mass is 15.2. The summed E-state index contributed by atoms with van der Waals surface area (Å²) in [6.45, 7) is 4.79. The van der Waals surface area contributed by atoms with Crippen molar-refractivity contribution in [3.63, 3.8) is 0 Å². The number of anilines is 2. The average Bonchev–Trinajstić information content (AvgIpc) is 3.46. The van der Waals surface area contributed by atoms with Crippen LogP contribution in [0.15, 0.2) is 230 Å². The van der Waals surface area contributed by atoms with Crippen LogP contribution in [0.5, 0.6) is 0 Å². The zero-order valence-corrected chi connectivity index (χ0v) is 33.5. The molecule has 282 valence electrons. The van der Waals surface area contributed by atoms with Crippen LogP contribution in [0, 0.1) is 0 Å². The fraction of sp³-hybridized carbons (Fsp3) is 0.103. The second-order valence-corrected chi connectivity index (χ2v) is 16.8. The van der Waals surface area contributed by atoms with E-state index in [1.165, 1.54) is 83.7 Å². The van der Waals surface area contributed by atoms with E-state index in [4.69, 9.17) is 0 Å². The normalized spacial score (nSPS) is 16.5. The van der Waals surface area contributed by atoms with E-state index in [1.807, 2.05) is 0 Å². The predicted octanol–water partition coefficient (Wildman–Crippen LogP) is 14.8. The third-order valence-corrected chi connectivity index (χ3v) is 13.4. The first kappa shape index (κ1) is 35.2. The monoisotopic (exact) mass is 755 g/mol. The Morgan fingerprint density at radius 3 is 1.56 bits per heavy atom. The highest BCUT2D eigenvalue weighted by molar-refractivity contribution is 5.94. The first-order chi connectivity index (χ1) is 29.0. The molecule has 1 heteroatoms. The fourth-order valence-electron chi connectivity index (χ4n) is 10.8. The first-order valence-electron chi connectivity index (χ1n) is 21.0. The van der Waals surface area contributed by atoms with E-state index in [0.29, 0.717) is 5.92 Å². The molecule has 1 unspecified atom stereocenters. The largest absolute Gasteiger partial charge is 0.314 e. The summed E-state index contributed by atoms with van der Waals surface area (Å²) in [5.41, 5.74) is 19.8. The molecule has 1 atom stereocenters. The summed E-state index contributed by atoms with van der Waals surface area (Å²) >= 11 is 0. The molecule has 0 N–H and O–H groups in total. The van der Waals surface area contributed by atoms with Crippen LogP contribution >= 0.6 is 0 Å². The maximum atomic E-state index is 2.58. The number of nitrogens with zero attached hydrogens (tertiary/aromatic N) is 1. The summed E-state index contributed by atoms with van der Waals surface area (Å²) < 4.78 is 0. The summed E-state index contributed by atoms with van der Waals surface area (Å²) in [4.78, 5) is 2.58. The summed E-state index contributed by atoms with van der Waals surface area (Å²) in [6, 6.07) is 76.8. The Kier molecular flexibility index (Phi) is 8.27. The van der Waals surface area contributed by atoms with E-state index in [0.717, 1.165) is 12.1 Å². The van der Waals surface area contributed by atoms with Gasteiger partial charge in [-0.2, -0.15) is 0 Å². The molecule has 0 bridgehead atoms. The zero-order chi connectivity index (χ0) is 39.6. The molecule has 0 fully saturated rings. The lowest BCUT2D eigenvalue weighted by atomic mass is 9.63. The Hall–Kier alpha value is -6.96. The smallest absolute Gasteiger partial charge is 0.0733 e. The molecule has 0 aromatic heterocycles. The van der Waals surface area contributed by atoms with Crippen molar-refractivity contribution < 1.29 is 0 Å². The van der Waals surface area contributed by atoms with Gasteiger partial charge in [0.25, 0.3) is 0 Å². The van der Waals surface area contributed by atoms with Crippen LogP contribution < -0.4 is 4.90 Å². The van der Waals surface area contributed by atoms with Crippen molar-refractivity contribution in [2.45, 2.75) is 37.0 Å². The highest BCUT2D eigenvalue weighted by Gasteiger charge is 2.47. The molecule has 0 amide bonds. The second-order valence-electron chi connectivity index (χ2n) is 16.8. The van der Waals surface area contributed by atoms with Gasteiger partial charge in [0.1, 0.15) is 0 Å². The van der Waals surface area contributed by atoms with Gasteiger partial charge in [0, 0.05) is 22.7 Å². The van der Waals surface area contributed by atoms with Crippen LogP contribution in [0.3, 0.4) is 0 Å². The Bertz CT molecular complexity index is 2860. The van der Waals surface area contributed by atoms with Gasteiger partial charge < -0.3 is 4.90 Å². The van der Waals surface area contributed by atoms with E-state index in [2.05, 4.69) is 237 Å². The van der Waals surface area contributed by atoms with Crippen molar-refractivity contribution in [3.05, 3.63) is 263 Å². The third-order valence-electron chi connectivity index (χ3n) is 13.4. The SMILES string of the molecule is CC1(C)C2=CC=C(N(c3ccc(-c4ccccc4)cc3)c3ccccc3C3(c4ccccc4)c4ccccc4-c4ccccc4-c4ccccc43)CC2c2ccccc21. The molecule has 0 spiro atoms. The van der Waals surface area contributed by atoms with Crippen LogP contribution in [0.25, 0.3) is 33.4 Å². The van der Waals surface area contributed by atoms with Crippen molar-refractivity contribution >= 4 is 11.4 Å². The lowest BCUT2D eigenvalue weighted by Crippen LogP contribution is -2.34. The summed E-state index contributed by atoms with van der Waals surface area (Å²) in [5.74, 6) is 0.302. The molecular formula is C58H45N. The highest BCUT2D eigenvalue weighted by Crippen LogP contribution is 2.59. The van der Waals surface area contributed by atoms with Crippen LogP contribution in [0.2, 0.25) is 0 Å². The summed E-state index contributed by atoms with van der Waals surface area (Å²) in [7, 11) is 0. The van der Waals surface area contributed by atoms with Gasteiger partial charge in [0.05, 0.1) is 11.1 Å². The Labute approximate surface area is 348 Å². The summed E-state index contributed by atoms with van der Waals surface area (Å²) in [5, 5.41) is 0. The van der Waals surface area contributed by atoms with E-state index >= 15 is 0 Å². The van der Waals surface area contributed by atoms with Crippen LogP contribution in [-0.2, 0) is 10.8 Å². The number of rotatable bonds is 6. The molecule has 0 saturated heterocycles. The van der Waals surface area contributed by atoms with Gasteiger partial charge in [-0.25, -0.2) is 0 Å². The van der Waals surface area contributed by atoms with E-state index < -0.39 is 5.41 Å². The molecule has 1 nitrogen and oxygen atoms in total. The Morgan fingerprint density at radius 2 is 0.915 bits per heavy atom. The molecule has 59 heavy (non-hydrogen) atoms. The van der Waals surface area contributed by atoms with Crippen LogP contribution in [0.1, 0.15) is 59.6 Å². The van der Waals surface area contributed by atoms with Crippen molar-refractivity contribution in [2.75, 3.05) is 4.90 Å². The number of hydrogen-bond donors (Lipinski definition) is 0. The maximum Gasteiger partial charge on any atom is 0.0733 e. The fourth-order valence-corrected chi connectivity index (χ4v) is 10.8. The topological polar surface area (TPSA) is 3.24 Å². The molecule has 11 rings (SSSR count). The van der Waals surface area contributed by atoms with Gasteiger partial charge in [-0.05, 0) is 97.5 Å². The number of fused-ring (bicyclic) bond motifs is 8. The van der Waals surface area contributed by atoms with Gasteiger partial charge >= 0.3 is 0 Å². The average molecular weight is 756 g/mol. The minimum Gasteiger partial charge on any atom is -0.314 e. The molecule has 0 saturated carbocycles. The van der Waals surface area contributed by atoms with Gasteiger partial charge in [0.15, 0.2) is 0 Å². The second kappa shape index (κ2) is 13.9. The van der Waals surface area contributed by atoms with E-state index in [1.54, 1.807) is 0 Å². The van der Waals surface area contributed by atoms with Gasteiger partial charge in [-0.15, -0.1) is 0 Å². The van der Waals surface area contributed by atoms with Gasteiger partial charge in [-0.1, -0.05) is 214 Å². The standard InChI is InChI=1S/C58H45N/c1-57(2)51-28-14-11-27-49(51)50-39-44(37-38-52(50)57)59(43-35-33-41(34-36-43)40-19-5-3-6-20-40)56-32-18-17-31-55(56)58(42-21-7-4-8-22-42)53-29-15-12-25-47(53)45-23-9-10-24-46(45)48-26-13-16-30-54(48)58/h3-38,50H,39H2,1-2H3. The molecule has 0 heterocycles. The van der Waals surface area contributed by atoms with Crippen LogP contribution in [-0.4, -0.2) is 0 Å². The van der Waals surface area contributed by atoms with Crippen molar-refractivity contribution in [1.82, 2.24) is 0 Å². The molecule has 3 aliphatic rings. The molecular weight excluding hydrogens is 711 g/mol. The minimum absolute atomic E-state index is 0.0243. The quantitative estimate of drug-likeness (QED) is 0.163. The zero-order valence-electron chi connectivity index (χ0n) is 33.5. The lowest BCUT2D eigenvalue weighted by molar-refractivity contribution is 0.605. The Morgan fingerprint density at radius 1 is 0.424 bits per heavy atom. The van der Waals surface area contributed by atoms with E-state index in [9.17, 15) is 0 Å². The number of para-hydroxylation sites is 1. The number of allylic oxidation sites excluding steroid dienone is 4. The minimum atomic E-state index is -0.676. The van der Waals surface area contributed by atoms with Crippen molar-refractivity contribution in [1.29, 1.82) is 0 Å². The molecule has 8 aromatic carbocycles. The maximum absolute atomic E-state index is 2.58. The third kappa shape index (κ3) is 5.38. The summed E-state index contributed by atoms with van der Waals surface area (Å²) in [6.07, 6.45) is 5.76.